The summed E-state index contributed by atoms with van der Waals surface area (Å²) in [5.74, 6) is 0.694. The van der Waals surface area contributed by atoms with Crippen molar-refractivity contribution in [2.45, 2.75) is 19.3 Å². The maximum absolute atomic E-state index is 5.04. The number of fused-ring (bicyclic) bond motifs is 3. The molecule has 0 N–H and O–H groups in total. The van der Waals surface area contributed by atoms with Crippen molar-refractivity contribution >= 4 is 0 Å². The average molecular weight is 578 g/mol. The van der Waals surface area contributed by atoms with Crippen molar-refractivity contribution in [2.75, 3.05) is 0 Å². The van der Waals surface area contributed by atoms with E-state index in [1.165, 1.54) is 33.4 Å². The molecule has 2 heterocycles. The van der Waals surface area contributed by atoms with Gasteiger partial charge in [0.2, 0.25) is 0 Å². The molecule has 0 atom stereocenters. The summed E-state index contributed by atoms with van der Waals surface area (Å²) in [6.07, 6.45) is 1.90. The molecule has 0 aliphatic heterocycles. The van der Waals surface area contributed by atoms with Crippen LogP contribution in [0.1, 0.15) is 25.0 Å². The fraction of sp³-hybridized carbons (Fsp3) is 0.0714. The summed E-state index contributed by atoms with van der Waals surface area (Å²) in [6.45, 7) is 4.65. The van der Waals surface area contributed by atoms with Gasteiger partial charge in [0.05, 0.1) is 17.1 Å². The minimum Gasteiger partial charge on any atom is -0.256 e. The molecular formula is C42H31N3. The van der Waals surface area contributed by atoms with E-state index in [0.717, 1.165) is 39.3 Å². The predicted molar refractivity (Wildman–Crippen MR) is 185 cm³/mol. The molecule has 0 saturated carbocycles. The summed E-state index contributed by atoms with van der Waals surface area (Å²) < 4.78 is 0. The SMILES string of the molecule is CC1(C)c2ccccc2-c2c(-c3ccc(-c4cc(-c5ccc(-c6ccccc6)nc5)nc(-c5ccccc5)n4)cc3)cccc21. The highest BCUT2D eigenvalue weighted by Gasteiger charge is 2.36. The molecule has 0 radical (unpaired) electrons. The number of benzene rings is 5. The van der Waals surface area contributed by atoms with E-state index in [9.17, 15) is 0 Å². The largest absolute Gasteiger partial charge is 0.256 e. The third-order valence-electron chi connectivity index (χ3n) is 8.99. The van der Waals surface area contributed by atoms with Crippen LogP contribution in [0.4, 0.5) is 0 Å². The van der Waals surface area contributed by atoms with Crippen molar-refractivity contribution in [3.8, 4) is 67.4 Å². The normalized spacial score (nSPS) is 12.8. The summed E-state index contributed by atoms with van der Waals surface area (Å²) in [5.41, 5.74) is 14.6. The molecule has 0 amide bonds. The van der Waals surface area contributed by atoms with Crippen LogP contribution in [0.3, 0.4) is 0 Å². The number of nitrogens with zero attached hydrogens (tertiary/aromatic N) is 3. The molecule has 8 rings (SSSR count). The van der Waals surface area contributed by atoms with Gasteiger partial charge in [-0.05, 0) is 51.6 Å². The first-order valence-corrected chi connectivity index (χ1v) is 15.4. The van der Waals surface area contributed by atoms with Crippen LogP contribution in [0.2, 0.25) is 0 Å². The lowest BCUT2D eigenvalue weighted by atomic mass is 9.82. The highest BCUT2D eigenvalue weighted by molar-refractivity contribution is 5.92. The van der Waals surface area contributed by atoms with Gasteiger partial charge >= 0.3 is 0 Å². The molecule has 0 bridgehead atoms. The van der Waals surface area contributed by atoms with E-state index in [4.69, 9.17) is 15.0 Å². The van der Waals surface area contributed by atoms with E-state index >= 15 is 0 Å². The van der Waals surface area contributed by atoms with Crippen molar-refractivity contribution in [3.63, 3.8) is 0 Å². The van der Waals surface area contributed by atoms with Gasteiger partial charge in [-0.1, -0.05) is 141 Å². The van der Waals surface area contributed by atoms with Crippen molar-refractivity contribution in [1.29, 1.82) is 0 Å². The Morgan fingerprint density at radius 2 is 0.978 bits per heavy atom. The second kappa shape index (κ2) is 10.8. The Bertz CT molecular complexity index is 2150. The lowest BCUT2D eigenvalue weighted by Crippen LogP contribution is -2.14. The summed E-state index contributed by atoms with van der Waals surface area (Å²) in [4.78, 5) is 14.8. The molecule has 1 aliphatic carbocycles. The van der Waals surface area contributed by atoms with Gasteiger partial charge in [0, 0.05) is 33.9 Å². The highest BCUT2D eigenvalue weighted by atomic mass is 14.9. The number of aromatic nitrogens is 3. The van der Waals surface area contributed by atoms with Crippen LogP contribution in [-0.4, -0.2) is 15.0 Å². The lowest BCUT2D eigenvalue weighted by Gasteiger charge is -2.21. The molecule has 0 spiro atoms. The monoisotopic (exact) mass is 577 g/mol. The molecular weight excluding hydrogens is 546 g/mol. The van der Waals surface area contributed by atoms with Gasteiger partial charge in [0.15, 0.2) is 5.82 Å². The van der Waals surface area contributed by atoms with Crippen molar-refractivity contribution < 1.29 is 0 Å². The molecule has 45 heavy (non-hydrogen) atoms. The molecule has 5 aromatic carbocycles. The Balaban J connectivity index is 1.20. The Morgan fingerprint density at radius 3 is 1.69 bits per heavy atom. The maximum Gasteiger partial charge on any atom is 0.160 e. The van der Waals surface area contributed by atoms with E-state index in [2.05, 4.69) is 123 Å². The van der Waals surface area contributed by atoms with Crippen LogP contribution >= 0.6 is 0 Å². The third kappa shape index (κ3) is 4.74. The quantitative estimate of drug-likeness (QED) is 0.204. The Kier molecular flexibility index (Phi) is 6.46. The first-order chi connectivity index (χ1) is 22.1. The van der Waals surface area contributed by atoms with Crippen molar-refractivity contribution in [3.05, 3.63) is 163 Å². The van der Waals surface area contributed by atoms with E-state index in [-0.39, 0.29) is 5.41 Å². The zero-order chi connectivity index (χ0) is 30.4. The molecule has 0 fully saturated rings. The minimum absolute atomic E-state index is 0.0266. The Hall–Kier alpha value is -5.67. The van der Waals surface area contributed by atoms with Crippen LogP contribution in [0.15, 0.2) is 152 Å². The average Bonchev–Trinajstić information content (AvgIpc) is 3.35. The molecule has 2 aromatic heterocycles. The molecule has 3 heteroatoms. The molecule has 1 aliphatic rings. The number of hydrogen-bond acceptors (Lipinski definition) is 3. The maximum atomic E-state index is 5.04. The second-order valence-electron chi connectivity index (χ2n) is 12.1. The summed E-state index contributed by atoms with van der Waals surface area (Å²) in [6, 6.07) is 50.9. The number of hydrogen-bond donors (Lipinski definition) is 0. The van der Waals surface area contributed by atoms with Crippen LogP contribution in [0.25, 0.3) is 67.4 Å². The van der Waals surface area contributed by atoms with E-state index in [1.807, 2.05) is 42.6 Å². The first kappa shape index (κ1) is 26.9. The second-order valence-corrected chi connectivity index (χ2v) is 12.1. The Labute approximate surface area is 264 Å². The van der Waals surface area contributed by atoms with Gasteiger partial charge in [0.1, 0.15) is 0 Å². The van der Waals surface area contributed by atoms with Crippen LogP contribution in [0.5, 0.6) is 0 Å². The van der Waals surface area contributed by atoms with Gasteiger partial charge in [0.25, 0.3) is 0 Å². The standard InChI is InChI=1S/C42H31N3/c1-42(2)35-18-10-9-16-34(35)40-33(17-11-19-36(40)42)28-20-22-30(23-21-28)38-26-39(45-41(44-38)31-14-7-4-8-15-31)32-24-25-37(43-27-32)29-12-5-3-6-13-29/h3-27H,1-2H3. The molecule has 3 nitrogen and oxygen atoms in total. The summed E-state index contributed by atoms with van der Waals surface area (Å²) >= 11 is 0. The minimum atomic E-state index is -0.0266. The van der Waals surface area contributed by atoms with Gasteiger partial charge in [-0.3, -0.25) is 4.98 Å². The Morgan fingerprint density at radius 1 is 0.422 bits per heavy atom. The van der Waals surface area contributed by atoms with Crippen LogP contribution < -0.4 is 0 Å². The molecule has 214 valence electrons. The molecule has 7 aromatic rings. The van der Waals surface area contributed by atoms with Gasteiger partial charge in [-0.25, -0.2) is 9.97 Å². The number of pyridine rings is 1. The van der Waals surface area contributed by atoms with Crippen molar-refractivity contribution in [2.24, 2.45) is 0 Å². The van der Waals surface area contributed by atoms with Crippen LogP contribution in [-0.2, 0) is 5.41 Å². The predicted octanol–water partition coefficient (Wildman–Crippen LogP) is 10.5. The van der Waals surface area contributed by atoms with Gasteiger partial charge < -0.3 is 0 Å². The topological polar surface area (TPSA) is 38.7 Å². The smallest absolute Gasteiger partial charge is 0.160 e. The van der Waals surface area contributed by atoms with E-state index in [0.29, 0.717) is 5.82 Å². The van der Waals surface area contributed by atoms with Crippen molar-refractivity contribution in [1.82, 2.24) is 15.0 Å². The van der Waals surface area contributed by atoms with Gasteiger partial charge in [-0.2, -0.15) is 0 Å². The zero-order valence-electron chi connectivity index (χ0n) is 25.3. The van der Waals surface area contributed by atoms with Crippen LogP contribution in [0, 0.1) is 0 Å². The highest BCUT2D eigenvalue weighted by Crippen LogP contribution is 2.51. The third-order valence-corrected chi connectivity index (χ3v) is 8.99. The van der Waals surface area contributed by atoms with E-state index in [1.54, 1.807) is 0 Å². The fourth-order valence-corrected chi connectivity index (χ4v) is 6.60. The van der Waals surface area contributed by atoms with E-state index < -0.39 is 0 Å². The number of rotatable bonds is 5. The van der Waals surface area contributed by atoms with Gasteiger partial charge in [-0.15, -0.1) is 0 Å². The summed E-state index contributed by atoms with van der Waals surface area (Å²) in [7, 11) is 0. The molecule has 0 unspecified atom stereocenters. The first-order valence-electron chi connectivity index (χ1n) is 15.4. The lowest BCUT2D eigenvalue weighted by molar-refractivity contribution is 0.660. The summed E-state index contributed by atoms with van der Waals surface area (Å²) in [5, 5.41) is 0. The molecule has 0 saturated heterocycles. The fourth-order valence-electron chi connectivity index (χ4n) is 6.60. The zero-order valence-corrected chi connectivity index (χ0v) is 25.3.